The van der Waals surface area contributed by atoms with Gasteiger partial charge in [0, 0.05) is 6.54 Å². The topological polar surface area (TPSA) is 91.2 Å². The van der Waals surface area contributed by atoms with Crippen LogP contribution in [0.15, 0.2) is 59.6 Å². The molecular formula is C30H29F3N2O4. The summed E-state index contributed by atoms with van der Waals surface area (Å²) in [4.78, 5) is 15.9. The summed E-state index contributed by atoms with van der Waals surface area (Å²) in [6.45, 7) is 4.82. The van der Waals surface area contributed by atoms with Gasteiger partial charge in [-0.25, -0.2) is 0 Å². The monoisotopic (exact) mass is 538 g/mol. The van der Waals surface area contributed by atoms with Crippen molar-refractivity contribution in [3.8, 4) is 16.9 Å². The fraction of sp³-hybridized carbons (Fsp3) is 0.267. The fourth-order valence-corrected chi connectivity index (χ4v) is 4.25. The van der Waals surface area contributed by atoms with Gasteiger partial charge in [-0.1, -0.05) is 42.5 Å². The minimum absolute atomic E-state index is 0.0409. The van der Waals surface area contributed by atoms with Crippen molar-refractivity contribution in [2.75, 3.05) is 13.2 Å². The van der Waals surface area contributed by atoms with Crippen LogP contribution in [0.25, 0.3) is 23.3 Å². The number of ether oxygens (including phenoxy) is 1. The molecule has 0 saturated heterocycles. The van der Waals surface area contributed by atoms with Crippen LogP contribution in [0.3, 0.4) is 0 Å². The second-order valence-corrected chi connectivity index (χ2v) is 9.74. The van der Waals surface area contributed by atoms with Crippen molar-refractivity contribution in [2.45, 2.75) is 39.0 Å². The van der Waals surface area contributed by atoms with E-state index >= 15 is 0 Å². The average Bonchev–Trinajstić information content (AvgIpc) is 2.90. The van der Waals surface area contributed by atoms with Gasteiger partial charge in [0.25, 0.3) is 0 Å². The number of hydrogen-bond acceptors (Lipinski definition) is 5. The number of benzene rings is 3. The maximum atomic E-state index is 13.8. The molecular weight excluding hydrogens is 509 g/mol. The van der Waals surface area contributed by atoms with E-state index in [0.29, 0.717) is 17.9 Å². The number of aliphatic carboxylic acids is 1. The molecule has 0 fully saturated rings. The molecule has 1 atom stereocenters. The van der Waals surface area contributed by atoms with Crippen LogP contribution >= 0.6 is 0 Å². The van der Waals surface area contributed by atoms with Crippen LogP contribution in [0.1, 0.15) is 41.7 Å². The zero-order valence-corrected chi connectivity index (χ0v) is 21.8. The van der Waals surface area contributed by atoms with Crippen LogP contribution in [-0.4, -0.2) is 40.6 Å². The van der Waals surface area contributed by atoms with E-state index in [0.717, 1.165) is 39.7 Å². The minimum atomic E-state index is -4.58. The molecule has 6 nitrogen and oxygen atoms in total. The largest absolute Gasteiger partial charge is 0.485 e. The van der Waals surface area contributed by atoms with Gasteiger partial charge >= 0.3 is 12.1 Å². The molecule has 3 aromatic rings. The highest BCUT2D eigenvalue weighted by Gasteiger charge is 2.34. The van der Waals surface area contributed by atoms with Gasteiger partial charge in [-0.05, 0) is 78.4 Å². The third kappa shape index (κ3) is 6.21. The van der Waals surface area contributed by atoms with Gasteiger partial charge in [-0.3, -0.25) is 15.1 Å². The van der Waals surface area contributed by atoms with Crippen LogP contribution in [0, 0.1) is 6.92 Å². The Morgan fingerprint density at radius 2 is 1.82 bits per heavy atom. The summed E-state index contributed by atoms with van der Waals surface area (Å²) in [5, 5.41) is 21.5. The molecule has 0 saturated carbocycles. The summed E-state index contributed by atoms with van der Waals surface area (Å²) >= 11 is 0. The van der Waals surface area contributed by atoms with E-state index in [1.165, 1.54) is 25.1 Å². The Hall–Kier alpha value is -3.95. The van der Waals surface area contributed by atoms with Crippen molar-refractivity contribution in [3.63, 3.8) is 0 Å². The number of alkyl halides is 3. The normalized spacial score (nSPS) is 14.9. The lowest BCUT2D eigenvalue weighted by molar-refractivity contribution is -0.146. The molecule has 0 amide bonds. The second kappa shape index (κ2) is 11.0. The minimum Gasteiger partial charge on any atom is -0.485 e. The number of hydrogen-bond donors (Lipinski definition) is 3. The molecule has 0 aliphatic carbocycles. The number of halogens is 3. The molecule has 0 bridgehead atoms. The smallest absolute Gasteiger partial charge is 0.416 e. The molecule has 39 heavy (non-hydrogen) atoms. The Bertz CT molecular complexity index is 1460. The molecule has 1 aliphatic rings. The quantitative estimate of drug-likeness (QED) is 0.295. The molecule has 1 unspecified atom stereocenters. The Morgan fingerprint density at radius 1 is 1.08 bits per heavy atom. The predicted octanol–water partition coefficient (Wildman–Crippen LogP) is 6.26. The van der Waals surface area contributed by atoms with Gasteiger partial charge in [-0.15, -0.1) is 0 Å². The van der Waals surface area contributed by atoms with E-state index in [2.05, 4.69) is 10.3 Å². The fourth-order valence-electron chi connectivity index (χ4n) is 4.25. The van der Waals surface area contributed by atoms with Crippen LogP contribution < -0.4 is 10.1 Å². The van der Waals surface area contributed by atoms with Crippen LogP contribution in [0.5, 0.6) is 5.75 Å². The van der Waals surface area contributed by atoms with Crippen molar-refractivity contribution < 1.29 is 32.9 Å². The number of aliphatic hydroxyl groups is 1. The lowest BCUT2D eigenvalue weighted by atomic mass is 9.95. The Labute approximate surface area is 224 Å². The third-order valence-corrected chi connectivity index (χ3v) is 6.73. The van der Waals surface area contributed by atoms with Crippen molar-refractivity contribution in [1.82, 2.24) is 5.32 Å². The number of nitrogens with zero attached hydrogens (tertiary/aromatic N) is 1. The first kappa shape index (κ1) is 28.1. The summed E-state index contributed by atoms with van der Waals surface area (Å²) in [5.41, 5.74) is 3.07. The summed E-state index contributed by atoms with van der Waals surface area (Å²) in [5.74, 6) is -0.584. The second-order valence-electron chi connectivity index (χ2n) is 9.74. The molecule has 1 heterocycles. The maximum absolute atomic E-state index is 13.8. The highest BCUT2D eigenvalue weighted by atomic mass is 19.4. The Morgan fingerprint density at radius 3 is 2.51 bits per heavy atom. The number of carboxylic acid groups (broad SMARTS) is 1. The SMILES string of the molecule is CC1=Nc2ccc(-c3cccc(/C=C/c4cc(CNC(C)(CO)C(=O)O)ccc4C(F)(F)F)c3C)cc2OC1. The predicted molar refractivity (Wildman–Crippen MR) is 145 cm³/mol. The van der Waals surface area contributed by atoms with E-state index < -0.39 is 29.9 Å². The number of aliphatic imine (C=N–C) groups is 1. The third-order valence-electron chi connectivity index (χ3n) is 6.73. The molecule has 3 N–H and O–H groups in total. The molecule has 0 radical (unpaired) electrons. The number of carbonyl (C=O) groups is 1. The van der Waals surface area contributed by atoms with E-state index in [-0.39, 0.29) is 12.1 Å². The van der Waals surface area contributed by atoms with E-state index in [1.54, 1.807) is 6.08 Å². The standard InChI is InChI=1S/C30H29F3N2O4/c1-18-16-39-27-14-22(10-12-26(27)35-18)24-6-4-5-21(19(24)2)8-9-23-13-20(7-11-25(23)30(31,32)33)15-34-29(3,17-36)28(37)38/h4-14,34,36H,15-17H2,1-3H3,(H,37,38)/b9-8+. The molecule has 204 valence electrons. The highest BCUT2D eigenvalue weighted by molar-refractivity contribution is 5.89. The van der Waals surface area contributed by atoms with Crippen LogP contribution in [0.4, 0.5) is 18.9 Å². The molecule has 4 rings (SSSR count). The molecule has 3 aromatic carbocycles. The van der Waals surface area contributed by atoms with Gasteiger partial charge in [0.2, 0.25) is 0 Å². The zero-order chi connectivity index (χ0) is 28.4. The maximum Gasteiger partial charge on any atom is 0.416 e. The van der Waals surface area contributed by atoms with Crippen molar-refractivity contribution in [2.24, 2.45) is 4.99 Å². The zero-order valence-electron chi connectivity index (χ0n) is 21.8. The number of rotatable bonds is 8. The van der Waals surface area contributed by atoms with Crippen molar-refractivity contribution in [3.05, 3.63) is 82.4 Å². The first-order chi connectivity index (χ1) is 18.4. The summed E-state index contributed by atoms with van der Waals surface area (Å²) in [7, 11) is 0. The molecule has 0 spiro atoms. The van der Waals surface area contributed by atoms with Gasteiger partial charge in [-0.2, -0.15) is 13.2 Å². The van der Waals surface area contributed by atoms with Gasteiger partial charge in [0.05, 0.1) is 17.9 Å². The van der Waals surface area contributed by atoms with Crippen molar-refractivity contribution in [1.29, 1.82) is 0 Å². The number of aliphatic hydroxyl groups excluding tert-OH is 1. The molecule has 0 aromatic heterocycles. The summed E-state index contributed by atoms with van der Waals surface area (Å²) in [6, 6.07) is 15.0. The lowest BCUT2D eigenvalue weighted by Gasteiger charge is -2.24. The highest BCUT2D eigenvalue weighted by Crippen LogP contribution is 2.37. The van der Waals surface area contributed by atoms with Gasteiger partial charge < -0.3 is 14.9 Å². The van der Waals surface area contributed by atoms with Crippen LogP contribution in [-0.2, 0) is 17.5 Å². The van der Waals surface area contributed by atoms with Crippen LogP contribution in [0.2, 0.25) is 0 Å². The Kier molecular flexibility index (Phi) is 7.94. The number of carboxylic acids is 1. The van der Waals surface area contributed by atoms with E-state index in [1.807, 2.05) is 50.2 Å². The summed E-state index contributed by atoms with van der Waals surface area (Å²) < 4.78 is 47.1. The van der Waals surface area contributed by atoms with E-state index in [4.69, 9.17) is 4.74 Å². The number of nitrogens with one attached hydrogen (secondary N) is 1. The van der Waals surface area contributed by atoms with Crippen molar-refractivity contribution >= 4 is 29.5 Å². The van der Waals surface area contributed by atoms with Gasteiger partial charge in [0.15, 0.2) is 0 Å². The van der Waals surface area contributed by atoms with Gasteiger partial charge in [0.1, 0.15) is 23.6 Å². The lowest BCUT2D eigenvalue weighted by Crippen LogP contribution is -2.52. The molecule has 9 heteroatoms. The average molecular weight is 539 g/mol. The summed E-state index contributed by atoms with van der Waals surface area (Å²) in [6.07, 6.45) is -1.53. The number of fused-ring (bicyclic) bond motifs is 1. The Balaban J connectivity index is 1.66. The van der Waals surface area contributed by atoms with E-state index in [9.17, 15) is 28.2 Å². The first-order valence-electron chi connectivity index (χ1n) is 12.3. The first-order valence-corrected chi connectivity index (χ1v) is 12.3. The molecule has 1 aliphatic heterocycles.